The highest BCUT2D eigenvalue weighted by Crippen LogP contribution is 2.36. The molecule has 2 aromatic rings. The number of pyridine rings is 1. The average Bonchev–Trinajstić information content (AvgIpc) is 2.62. The molecule has 7 heteroatoms. The minimum absolute atomic E-state index is 0.248. The molecule has 0 amide bonds. The fourth-order valence-electron chi connectivity index (χ4n) is 2.27. The van der Waals surface area contributed by atoms with Crippen molar-refractivity contribution in [3.63, 3.8) is 0 Å². The van der Waals surface area contributed by atoms with Gasteiger partial charge in [0.2, 0.25) is 5.88 Å². The lowest BCUT2D eigenvalue weighted by Gasteiger charge is -2.15. The maximum Gasteiger partial charge on any atom is 0.421 e. The third-order valence-corrected chi connectivity index (χ3v) is 3.52. The van der Waals surface area contributed by atoms with Gasteiger partial charge in [-0.1, -0.05) is 0 Å². The van der Waals surface area contributed by atoms with E-state index in [1.165, 1.54) is 12.3 Å². The second-order valence-electron chi connectivity index (χ2n) is 5.22. The van der Waals surface area contributed by atoms with E-state index in [0.29, 0.717) is 12.1 Å². The number of ether oxygens (including phenoxy) is 1. The van der Waals surface area contributed by atoms with Crippen LogP contribution in [0, 0.1) is 11.3 Å². The average molecular weight is 343 g/mol. The molecule has 1 aliphatic heterocycles. The summed E-state index contributed by atoms with van der Waals surface area (Å²) in [5, 5.41) is 11.9. The molecule has 3 rings (SSSR count). The smallest absolute Gasteiger partial charge is 0.421 e. The van der Waals surface area contributed by atoms with E-state index in [9.17, 15) is 13.2 Å². The first kappa shape index (κ1) is 16.6. The zero-order valence-corrected chi connectivity index (χ0v) is 12.8. The SMILES string of the molecule is N#CC1=CC=C(c2ccc(Oc3ncccc3C(F)(F)F)cc2)NC1. The molecule has 1 N–H and O–H groups in total. The number of nitrogens with zero attached hydrogens (tertiary/aromatic N) is 2. The highest BCUT2D eigenvalue weighted by molar-refractivity contribution is 5.68. The molecule has 126 valence electrons. The number of nitriles is 1. The Morgan fingerprint density at radius 2 is 1.88 bits per heavy atom. The van der Waals surface area contributed by atoms with Crippen LogP contribution in [0.15, 0.2) is 60.3 Å². The van der Waals surface area contributed by atoms with Gasteiger partial charge in [0.05, 0.1) is 12.6 Å². The number of alkyl halides is 3. The Hall–Kier alpha value is -3.27. The molecule has 0 atom stereocenters. The number of rotatable bonds is 3. The maximum absolute atomic E-state index is 13.0. The number of aromatic nitrogens is 1. The largest absolute Gasteiger partial charge is 0.438 e. The Morgan fingerprint density at radius 1 is 1.12 bits per heavy atom. The summed E-state index contributed by atoms with van der Waals surface area (Å²) in [7, 11) is 0. The highest BCUT2D eigenvalue weighted by atomic mass is 19.4. The molecule has 0 spiro atoms. The van der Waals surface area contributed by atoms with Gasteiger partial charge in [-0.2, -0.15) is 18.4 Å². The molecule has 0 radical (unpaired) electrons. The van der Waals surface area contributed by atoms with Crippen molar-refractivity contribution >= 4 is 5.70 Å². The third-order valence-electron chi connectivity index (χ3n) is 3.52. The van der Waals surface area contributed by atoms with E-state index in [0.717, 1.165) is 17.3 Å². The van der Waals surface area contributed by atoms with Gasteiger partial charge >= 0.3 is 6.18 Å². The zero-order chi connectivity index (χ0) is 17.9. The highest BCUT2D eigenvalue weighted by Gasteiger charge is 2.35. The van der Waals surface area contributed by atoms with Crippen LogP contribution in [-0.2, 0) is 6.18 Å². The molecule has 0 saturated heterocycles. The Morgan fingerprint density at radius 3 is 2.48 bits per heavy atom. The van der Waals surface area contributed by atoms with Crippen molar-refractivity contribution < 1.29 is 17.9 Å². The minimum atomic E-state index is -4.54. The molecule has 1 aliphatic rings. The second kappa shape index (κ2) is 6.69. The van der Waals surface area contributed by atoms with Crippen LogP contribution in [0.4, 0.5) is 13.2 Å². The summed E-state index contributed by atoms with van der Waals surface area (Å²) >= 11 is 0. The first-order valence-corrected chi connectivity index (χ1v) is 7.33. The Kier molecular flexibility index (Phi) is 4.44. The molecule has 0 fully saturated rings. The summed E-state index contributed by atoms with van der Waals surface area (Å²) in [4.78, 5) is 3.67. The van der Waals surface area contributed by atoms with Crippen LogP contribution in [0.1, 0.15) is 11.1 Å². The molecule has 0 bridgehead atoms. The number of halogens is 3. The summed E-state index contributed by atoms with van der Waals surface area (Å²) in [6.07, 6.45) is 0.206. The molecule has 0 saturated carbocycles. The van der Waals surface area contributed by atoms with Crippen LogP contribution >= 0.6 is 0 Å². The Labute approximate surface area is 141 Å². The molecule has 0 unspecified atom stereocenters. The number of hydrogen-bond acceptors (Lipinski definition) is 4. The van der Waals surface area contributed by atoms with Crippen molar-refractivity contribution in [2.24, 2.45) is 0 Å². The fourth-order valence-corrected chi connectivity index (χ4v) is 2.27. The predicted molar refractivity (Wildman–Crippen MR) is 85.4 cm³/mol. The van der Waals surface area contributed by atoms with Crippen LogP contribution in [0.2, 0.25) is 0 Å². The van der Waals surface area contributed by atoms with Crippen molar-refractivity contribution in [3.05, 3.63) is 71.4 Å². The number of benzene rings is 1. The van der Waals surface area contributed by atoms with Gasteiger partial charge in [0.1, 0.15) is 11.3 Å². The quantitative estimate of drug-likeness (QED) is 0.903. The summed E-state index contributed by atoms with van der Waals surface area (Å²) < 4.78 is 44.2. The van der Waals surface area contributed by atoms with Gasteiger partial charge in [-0.25, -0.2) is 4.98 Å². The second-order valence-corrected chi connectivity index (χ2v) is 5.22. The van der Waals surface area contributed by atoms with E-state index in [1.54, 1.807) is 36.4 Å². The van der Waals surface area contributed by atoms with E-state index in [-0.39, 0.29) is 5.75 Å². The summed E-state index contributed by atoms with van der Waals surface area (Å²) in [6.45, 7) is 0.434. The minimum Gasteiger partial charge on any atom is -0.438 e. The molecule has 1 aromatic carbocycles. The van der Waals surface area contributed by atoms with Crippen LogP contribution in [-0.4, -0.2) is 11.5 Å². The number of dihydropyridines is 1. The van der Waals surface area contributed by atoms with E-state index in [1.807, 2.05) is 0 Å². The van der Waals surface area contributed by atoms with Gasteiger partial charge in [0.25, 0.3) is 0 Å². The van der Waals surface area contributed by atoms with E-state index >= 15 is 0 Å². The standard InChI is InChI=1S/C18H12F3N3O/c19-18(20,21)15-2-1-9-23-17(15)25-14-6-4-13(5-7-14)16-8-3-12(10-22)11-24-16/h1-9,24H,11H2. The van der Waals surface area contributed by atoms with E-state index in [2.05, 4.69) is 16.4 Å². The van der Waals surface area contributed by atoms with Crippen molar-refractivity contribution in [1.82, 2.24) is 10.3 Å². The Balaban J connectivity index is 1.80. The molecule has 25 heavy (non-hydrogen) atoms. The van der Waals surface area contributed by atoms with Gasteiger partial charge in [-0.3, -0.25) is 0 Å². The summed E-state index contributed by atoms with van der Waals surface area (Å²) in [6, 6.07) is 10.8. The monoisotopic (exact) mass is 343 g/mol. The number of nitrogens with one attached hydrogen (secondary N) is 1. The molecular weight excluding hydrogens is 331 g/mol. The van der Waals surface area contributed by atoms with Crippen LogP contribution in [0.3, 0.4) is 0 Å². The van der Waals surface area contributed by atoms with Crippen molar-refractivity contribution in [2.45, 2.75) is 6.18 Å². The normalized spacial score (nSPS) is 14.0. The van der Waals surface area contributed by atoms with E-state index < -0.39 is 17.6 Å². The lowest BCUT2D eigenvalue weighted by Crippen LogP contribution is -2.17. The van der Waals surface area contributed by atoms with Gasteiger partial charge < -0.3 is 10.1 Å². The predicted octanol–water partition coefficient (Wildman–Crippen LogP) is 4.29. The molecule has 4 nitrogen and oxygen atoms in total. The summed E-state index contributed by atoms with van der Waals surface area (Å²) in [5.74, 6) is -0.239. The molecule has 1 aromatic heterocycles. The maximum atomic E-state index is 13.0. The lowest BCUT2D eigenvalue weighted by atomic mass is 10.1. The van der Waals surface area contributed by atoms with Gasteiger partial charge in [-0.15, -0.1) is 0 Å². The molecule has 2 heterocycles. The van der Waals surface area contributed by atoms with Gasteiger partial charge in [0.15, 0.2) is 0 Å². The van der Waals surface area contributed by atoms with Crippen LogP contribution in [0.25, 0.3) is 5.70 Å². The fraction of sp³-hybridized carbons (Fsp3) is 0.111. The Bertz CT molecular complexity index is 878. The number of allylic oxidation sites excluding steroid dienone is 2. The third kappa shape index (κ3) is 3.80. The summed E-state index contributed by atoms with van der Waals surface area (Å²) in [5.41, 5.74) is 1.35. The molecular formula is C18H12F3N3O. The van der Waals surface area contributed by atoms with Crippen LogP contribution in [0.5, 0.6) is 11.6 Å². The lowest BCUT2D eigenvalue weighted by molar-refractivity contribution is -0.138. The van der Waals surface area contributed by atoms with Crippen molar-refractivity contribution in [1.29, 1.82) is 5.26 Å². The first-order valence-electron chi connectivity index (χ1n) is 7.33. The van der Waals surface area contributed by atoms with Crippen molar-refractivity contribution in [3.8, 4) is 17.7 Å². The van der Waals surface area contributed by atoms with Gasteiger partial charge in [-0.05, 0) is 54.1 Å². The van der Waals surface area contributed by atoms with Crippen LogP contribution < -0.4 is 10.1 Å². The van der Waals surface area contributed by atoms with E-state index in [4.69, 9.17) is 10.00 Å². The topological polar surface area (TPSA) is 57.9 Å². The zero-order valence-electron chi connectivity index (χ0n) is 12.8. The molecule has 0 aliphatic carbocycles. The van der Waals surface area contributed by atoms with Crippen molar-refractivity contribution in [2.75, 3.05) is 6.54 Å². The first-order chi connectivity index (χ1) is 12.0. The van der Waals surface area contributed by atoms with Gasteiger partial charge in [0, 0.05) is 17.5 Å². The number of hydrogen-bond donors (Lipinski definition) is 1.